The first kappa shape index (κ1) is 17.8. The van der Waals surface area contributed by atoms with Gasteiger partial charge in [-0.1, -0.05) is 30.7 Å². The summed E-state index contributed by atoms with van der Waals surface area (Å²) < 4.78 is 0. The number of unbranched alkanes of at least 4 members (excludes halogenated alkanes) is 1. The van der Waals surface area contributed by atoms with Gasteiger partial charge in [-0.15, -0.1) is 5.10 Å². The lowest BCUT2D eigenvalue weighted by atomic mass is 10.1. The predicted molar refractivity (Wildman–Crippen MR) is 85.9 cm³/mol. The zero-order chi connectivity index (χ0) is 16.4. The average Bonchev–Trinajstić information content (AvgIpc) is 2.55. The fourth-order valence-electron chi connectivity index (χ4n) is 1.77. The van der Waals surface area contributed by atoms with Crippen molar-refractivity contribution < 1.29 is 9.90 Å². The Morgan fingerprint density at radius 3 is 2.68 bits per heavy atom. The van der Waals surface area contributed by atoms with Gasteiger partial charge in [0.05, 0.1) is 6.20 Å². The Morgan fingerprint density at radius 1 is 1.32 bits per heavy atom. The molecule has 1 aromatic carbocycles. The van der Waals surface area contributed by atoms with Crippen molar-refractivity contribution in [3.63, 3.8) is 0 Å². The van der Waals surface area contributed by atoms with E-state index in [9.17, 15) is 4.79 Å². The number of hydrazine groups is 1. The molecule has 0 spiro atoms. The number of anilines is 1. The molecule has 0 saturated heterocycles. The van der Waals surface area contributed by atoms with E-state index < -0.39 is 12.0 Å². The molecule has 0 fully saturated rings. The number of aromatic nitrogens is 2. The number of aliphatic carboxylic acids is 1. The third-order valence-electron chi connectivity index (χ3n) is 2.99. The second-order valence-electron chi connectivity index (χ2n) is 4.65. The standard InChI is InChI=1S/C8H8N4.C6H14N2O2/c9-11-8-7-4-2-1-3-6(7)5-10-12-8;7-4-2-1-3-5(8)6(9)10/h1-5H,9H2,(H,11,12);5H,1-4,7-8H2,(H,9,10). The van der Waals surface area contributed by atoms with Crippen LogP contribution in [-0.4, -0.2) is 33.9 Å². The van der Waals surface area contributed by atoms with E-state index in [0.29, 0.717) is 18.8 Å². The van der Waals surface area contributed by atoms with Crippen molar-refractivity contribution >= 4 is 22.6 Å². The molecule has 120 valence electrons. The number of nitrogens with zero attached hydrogens (tertiary/aromatic N) is 2. The van der Waals surface area contributed by atoms with Crippen molar-refractivity contribution in [1.29, 1.82) is 0 Å². The Labute approximate surface area is 128 Å². The van der Waals surface area contributed by atoms with Crippen LogP contribution in [0.25, 0.3) is 10.8 Å². The molecule has 0 bridgehead atoms. The van der Waals surface area contributed by atoms with Crippen LogP contribution in [0.4, 0.5) is 5.82 Å². The highest BCUT2D eigenvalue weighted by Crippen LogP contribution is 2.17. The fraction of sp³-hybridized carbons (Fsp3) is 0.357. The summed E-state index contributed by atoms with van der Waals surface area (Å²) in [6.07, 6.45) is 3.87. The van der Waals surface area contributed by atoms with E-state index in [0.717, 1.165) is 23.6 Å². The molecule has 1 atom stereocenters. The van der Waals surface area contributed by atoms with E-state index in [2.05, 4.69) is 15.6 Å². The van der Waals surface area contributed by atoms with Gasteiger partial charge in [-0.3, -0.25) is 4.79 Å². The minimum atomic E-state index is -0.933. The summed E-state index contributed by atoms with van der Waals surface area (Å²) in [4.78, 5) is 10.1. The number of rotatable bonds is 6. The van der Waals surface area contributed by atoms with Crippen LogP contribution >= 0.6 is 0 Å². The summed E-state index contributed by atoms with van der Waals surface area (Å²) in [6, 6.07) is 7.07. The lowest BCUT2D eigenvalue weighted by molar-refractivity contribution is -0.138. The fourth-order valence-corrected chi connectivity index (χ4v) is 1.77. The topological polar surface area (TPSA) is 153 Å². The maximum atomic E-state index is 10.1. The molecule has 0 aliphatic heterocycles. The molecular formula is C14H22N6O2. The van der Waals surface area contributed by atoms with Crippen LogP contribution in [0.15, 0.2) is 30.5 Å². The van der Waals surface area contributed by atoms with Crippen LogP contribution in [0.2, 0.25) is 0 Å². The number of carbonyl (C=O) groups is 1. The highest BCUT2D eigenvalue weighted by Gasteiger charge is 2.09. The van der Waals surface area contributed by atoms with Crippen molar-refractivity contribution in [3.05, 3.63) is 30.5 Å². The molecule has 8 nitrogen and oxygen atoms in total. The minimum Gasteiger partial charge on any atom is -0.480 e. The van der Waals surface area contributed by atoms with Crippen molar-refractivity contribution in [3.8, 4) is 0 Å². The Balaban J connectivity index is 0.000000225. The first-order valence-corrected chi connectivity index (χ1v) is 6.95. The van der Waals surface area contributed by atoms with Crippen molar-refractivity contribution in [2.24, 2.45) is 17.3 Å². The number of carboxylic acids is 1. The zero-order valence-electron chi connectivity index (χ0n) is 12.3. The molecule has 2 rings (SSSR count). The minimum absolute atomic E-state index is 0.520. The molecule has 1 unspecified atom stereocenters. The molecule has 0 saturated carbocycles. The summed E-state index contributed by atoms with van der Waals surface area (Å²) in [5, 5.41) is 18.0. The average molecular weight is 306 g/mol. The van der Waals surface area contributed by atoms with Crippen LogP contribution in [-0.2, 0) is 4.79 Å². The molecule has 0 radical (unpaired) electrons. The summed E-state index contributed by atoms with van der Waals surface area (Å²) in [7, 11) is 0. The number of nitrogens with two attached hydrogens (primary N) is 3. The lowest BCUT2D eigenvalue weighted by Gasteiger charge is -2.03. The van der Waals surface area contributed by atoms with Gasteiger partial charge in [0, 0.05) is 10.8 Å². The number of nitrogen functional groups attached to an aromatic ring is 1. The Kier molecular flexibility index (Phi) is 7.76. The van der Waals surface area contributed by atoms with Gasteiger partial charge in [-0.05, 0) is 19.4 Å². The maximum absolute atomic E-state index is 10.1. The summed E-state index contributed by atoms with van der Waals surface area (Å²) in [5.74, 6) is 4.93. The smallest absolute Gasteiger partial charge is 0.320 e. The van der Waals surface area contributed by atoms with E-state index in [-0.39, 0.29) is 0 Å². The maximum Gasteiger partial charge on any atom is 0.320 e. The molecule has 0 amide bonds. The van der Waals surface area contributed by atoms with E-state index in [4.69, 9.17) is 22.4 Å². The van der Waals surface area contributed by atoms with E-state index in [1.54, 1.807) is 6.20 Å². The quantitative estimate of drug-likeness (QED) is 0.293. The second-order valence-corrected chi connectivity index (χ2v) is 4.65. The molecule has 1 aromatic heterocycles. The predicted octanol–water partition coefficient (Wildman–Crippen LogP) is 0.443. The second kappa shape index (κ2) is 9.61. The highest BCUT2D eigenvalue weighted by atomic mass is 16.4. The number of carboxylic acid groups (broad SMARTS) is 1. The third kappa shape index (κ3) is 5.60. The number of benzene rings is 1. The molecule has 0 aliphatic carbocycles. The normalized spacial score (nSPS) is 11.4. The van der Waals surface area contributed by atoms with Crippen LogP contribution in [0, 0.1) is 0 Å². The van der Waals surface area contributed by atoms with E-state index in [1.807, 2.05) is 24.3 Å². The first-order valence-electron chi connectivity index (χ1n) is 6.95. The molecule has 8 N–H and O–H groups in total. The molecule has 22 heavy (non-hydrogen) atoms. The van der Waals surface area contributed by atoms with Gasteiger partial charge in [0.25, 0.3) is 0 Å². The third-order valence-corrected chi connectivity index (χ3v) is 2.99. The van der Waals surface area contributed by atoms with Gasteiger partial charge in [-0.2, -0.15) is 5.10 Å². The number of fused-ring (bicyclic) bond motifs is 1. The van der Waals surface area contributed by atoms with Gasteiger partial charge < -0.3 is 22.0 Å². The number of hydrogen-bond donors (Lipinski definition) is 5. The van der Waals surface area contributed by atoms with Gasteiger partial charge in [0.1, 0.15) is 6.04 Å². The van der Waals surface area contributed by atoms with E-state index in [1.165, 1.54) is 0 Å². The van der Waals surface area contributed by atoms with Crippen molar-refractivity contribution in [2.75, 3.05) is 12.0 Å². The van der Waals surface area contributed by atoms with Crippen LogP contribution in [0.1, 0.15) is 19.3 Å². The Morgan fingerprint density at radius 2 is 2.05 bits per heavy atom. The van der Waals surface area contributed by atoms with Crippen molar-refractivity contribution in [1.82, 2.24) is 10.2 Å². The van der Waals surface area contributed by atoms with Gasteiger partial charge in [0.15, 0.2) is 5.82 Å². The van der Waals surface area contributed by atoms with Gasteiger partial charge in [-0.25, -0.2) is 5.84 Å². The Bertz CT molecular complexity index is 587. The zero-order valence-corrected chi connectivity index (χ0v) is 12.3. The van der Waals surface area contributed by atoms with Crippen LogP contribution in [0.5, 0.6) is 0 Å². The largest absolute Gasteiger partial charge is 0.480 e. The molecule has 2 aromatic rings. The molecule has 8 heteroatoms. The van der Waals surface area contributed by atoms with E-state index >= 15 is 0 Å². The number of nitrogens with one attached hydrogen (secondary N) is 1. The Hall–Kier alpha value is -2.29. The molecular weight excluding hydrogens is 284 g/mol. The molecule has 0 aliphatic rings. The summed E-state index contributed by atoms with van der Waals surface area (Å²) in [6.45, 7) is 0.604. The monoisotopic (exact) mass is 306 g/mol. The lowest BCUT2D eigenvalue weighted by Crippen LogP contribution is -2.29. The van der Waals surface area contributed by atoms with Gasteiger partial charge >= 0.3 is 5.97 Å². The molecule has 1 heterocycles. The summed E-state index contributed by atoms with van der Waals surface area (Å²) >= 11 is 0. The SMILES string of the molecule is NCCCCC(N)C(=O)O.NNc1nncc2ccccc12. The van der Waals surface area contributed by atoms with Crippen molar-refractivity contribution in [2.45, 2.75) is 25.3 Å². The highest BCUT2D eigenvalue weighted by molar-refractivity contribution is 5.90. The van der Waals surface area contributed by atoms with Crippen LogP contribution < -0.4 is 22.7 Å². The van der Waals surface area contributed by atoms with Crippen LogP contribution in [0.3, 0.4) is 0 Å². The summed E-state index contributed by atoms with van der Waals surface area (Å²) in [5.41, 5.74) is 12.9. The number of hydrogen-bond acceptors (Lipinski definition) is 7. The van der Waals surface area contributed by atoms with Gasteiger partial charge in [0.2, 0.25) is 0 Å². The first-order chi connectivity index (χ1) is 10.6.